The number of hydrogen-bond acceptors (Lipinski definition) is 5. The number of rotatable bonds is 5. The number of hydrogen-bond donors (Lipinski definition) is 1. The Bertz CT molecular complexity index is 535. The van der Waals surface area contributed by atoms with Gasteiger partial charge in [-0.15, -0.1) is 0 Å². The van der Waals surface area contributed by atoms with E-state index in [9.17, 15) is 0 Å². The maximum atomic E-state index is 5.99. The van der Waals surface area contributed by atoms with Crippen LogP contribution in [0.4, 0.5) is 11.4 Å². The largest absolute Gasteiger partial charge is 0.495 e. The Morgan fingerprint density at radius 1 is 1.22 bits per heavy atom. The summed E-state index contributed by atoms with van der Waals surface area (Å²) in [7, 11) is 1.68. The molecule has 0 bridgehead atoms. The standard InChI is InChI=1S/C18H29N3O2/c1-4-23-15-11-21(12-15)14-5-7-20(8-6-14)17-10-18(22-3)16(19)9-13(17)2/h9-10,14-15H,4-8,11-12,19H2,1-3H3. The Hall–Kier alpha value is -1.46. The van der Waals surface area contributed by atoms with Crippen LogP contribution in [0, 0.1) is 6.92 Å². The predicted molar refractivity (Wildman–Crippen MR) is 94.4 cm³/mol. The highest BCUT2D eigenvalue weighted by Gasteiger charge is 2.34. The van der Waals surface area contributed by atoms with Crippen LogP contribution in [-0.2, 0) is 4.74 Å². The van der Waals surface area contributed by atoms with Gasteiger partial charge in [0.25, 0.3) is 0 Å². The molecular weight excluding hydrogens is 290 g/mol. The van der Waals surface area contributed by atoms with Gasteiger partial charge in [0, 0.05) is 50.6 Å². The number of anilines is 2. The average Bonchev–Trinajstić information content (AvgIpc) is 2.51. The summed E-state index contributed by atoms with van der Waals surface area (Å²) in [6.45, 7) is 9.42. The molecule has 2 N–H and O–H groups in total. The van der Waals surface area contributed by atoms with E-state index in [2.05, 4.69) is 29.7 Å². The van der Waals surface area contributed by atoms with Gasteiger partial charge in [0.05, 0.1) is 18.9 Å². The van der Waals surface area contributed by atoms with Crippen molar-refractivity contribution in [1.29, 1.82) is 0 Å². The molecule has 0 aliphatic carbocycles. The quantitative estimate of drug-likeness (QED) is 0.844. The summed E-state index contributed by atoms with van der Waals surface area (Å²) in [5.41, 5.74) is 9.19. The second kappa shape index (κ2) is 6.97. The molecular formula is C18H29N3O2. The lowest BCUT2D eigenvalue weighted by Gasteiger charge is -2.47. The van der Waals surface area contributed by atoms with Crippen LogP contribution in [0.15, 0.2) is 12.1 Å². The maximum absolute atomic E-state index is 5.99. The molecule has 0 saturated carbocycles. The first-order valence-electron chi connectivity index (χ1n) is 8.67. The molecule has 0 atom stereocenters. The molecule has 0 spiro atoms. The van der Waals surface area contributed by atoms with Crippen LogP contribution in [-0.4, -0.2) is 56.9 Å². The van der Waals surface area contributed by atoms with Crippen molar-refractivity contribution in [3.63, 3.8) is 0 Å². The number of ether oxygens (including phenoxy) is 2. The summed E-state index contributed by atoms with van der Waals surface area (Å²) in [6.07, 6.45) is 2.89. The Morgan fingerprint density at radius 3 is 2.52 bits per heavy atom. The van der Waals surface area contributed by atoms with Crippen molar-refractivity contribution in [1.82, 2.24) is 4.90 Å². The summed E-state index contributed by atoms with van der Waals surface area (Å²) < 4.78 is 11.0. The molecule has 0 amide bonds. The molecule has 2 aliphatic heterocycles. The number of nitrogens with two attached hydrogens (primary N) is 1. The number of nitrogens with zero attached hydrogens (tertiary/aromatic N) is 2. The number of aryl methyl sites for hydroxylation is 1. The fourth-order valence-electron chi connectivity index (χ4n) is 3.80. The first-order chi connectivity index (χ1) is 11.1. The van der Waals surface area contributed by atoms with Crippen molar-refractivity contribution in [2.24, 2.45) is 0 Å². The normalized spacial score (nSPS) is 20.6. The van der Waals surface area contributed by atoms with E-state index in [1.165, 1.54) is 24.1 Å². The summed E-state index contributed by atoms with van der Waals surface area (Å²) in [4.78, 5) is 5.04. The van der Waals surface area contributed by atoms with Gasteiger partial charge in [0.15, 0.2) is 0 Å². The number of benzene rings is 1. The SMILES string of the molecule is CCOC1CN(C2CCN(c3cc(OC)c(N)cc3C)CC2)C1. The van der Waals surface area contributed by atoms with Gasteiger partial charge in [0.1, 0.15) is 5.75 Å². The fourth-order valence-corrected chi connectivity index (χ4v) is 3.80. The third kappa shape index (κ3) is 3.40. The molecule has 1 aromatic rings. The van der Waals surface area contributed by atoms with Gasteiger partial charge in [-0.1, -0.05) is 0 Å². The second-order valence-corrected chi connectivity index (χ2v) is 6.63. The van der Waals surface area contributed by atoms with Crippen molar-refractivity contribution >= 4 is 11.4 Å². The van der Waals surface area contributed by atoms with Crippen LogP contribution in [0.3, 0.4) is 0 Å². The molecule has 5 heteroatoms. The number of nitrogen functional groups attached to an aromatic ring is 1. The zero-order chi connectivity index (χ0) is 16.4. The van der Waals surface area contributed by atoms with E-state index < -0.39 is 0 Å². The van der Waals surface area contributed by atoms with E-state index in [0.717, 1.165) is 38.5 Å². The molecule has 2 heterocycles. The van der Waals surface area contributed by atoms with Crippen LogP contribution in [0.1, 0.15) is 25.3 Å². The highest BCUT2D eigenvalue weighted by Crippen LogP contribution is 2.33. The van der Waals surface area contributed by atoms with Crippen LogP contribution in [0.5, 0.6) is 5.75 Å². The van der Waals surface area contributed by atoms with E-state index in [1.54, 1.807) is 7.11 Å². The van der Waals surface area contributed by atoms with Gasteiger partial charge in [-0.05, 0) is 38.3 Å². The van der Waals surface area contributed by atoms with Crippen molar-refractivity contribution in [2.75, 3.05) is 50.5 Å². The van der Waals surface area contributed by atoms with Crippen molar-refractivity contribution in [3.8, 4) is 5.75 Å². The van der Waals surface area contributed by atoms with E-state index in [-0.39, 0.29) is 0 Å². The Labute approximate surface area is 139 Å². The van der Waals surface area contributed by atoms with Gasteiger partial charge in [-0.3, -0.25) is 4.90 Å². The summed E-state index contributed by atoms with van der Waals surface area (Å²) in [6, 6.07) is 4.81. The second-order valence-electron chi connectivity index (χ2n) is 6.63. The predicted octanol–water partition coefficient (Wildman–Crippen LogP) is 2.28. The minimum Gasteiger partial charge on any atom is -0.495 e. The van der Waals surface area contributed by atoms with E-state index in [4.69, 9.17) is 15.2 Å². The fraction of sp³-hybridized carbons (Fsp3) is 0.667. The molecule has 3 rings (SSSR count). The number of methoxy groups -OCH3 is 1. The molecule has 1 aromatic carbocycles. The van der Waals surface area contributed by atoms with Crippen LogP contribution < -0.4 is 15.4 Å². The van der Waals surface area contributed by atoms with E-state index in [0.29, 0.717) is 17.8 Å². The average molecular weight is 319 g/mol. The van der Waals surface area contributed by atoms with E-state index >= 15 is 0 Å². The Balaban J connectivity index is 1.57. The molecule has 2 aliphatic rings. The minimum atomic E-state index is 0.460. The topological polar surface area (TPSA) is 51.0 Å². The molecule has 0 radical (unpaired) electrons. The number of piperidine rings is 1. The van der Waals surface area contributed by atoms with Gasteiger partial charge < -0.3 is 20.1 Å². The van der Waals surface area contributed by atoms with Crippen LogP contribution in [0.25, 0.3) is 0 Å². The highest BCUT2D eigenvalue weighted by molar-refractivity contribution is 5.66. The van der Waals surface area contributed by atoms with Gasteiger partial charge in [-0.2, -0.15) is 0 Å². The molecule has 23 heavy (non-hydrogen) atoms. The van der Waals surface area contributed by atoms with Crippen molar-refractivity contribution in [3.05, 3.63) is 17.7 Å². The first kappa shape index (κ1) is 16.4. The highest BCUT2D eigenvalue weighted by atomic mass is 16.5. The number of likely N-dealkylation sites (tertiary alicyclic amines) is 1. The van der Waals surface area contributed by atoms with Gasteiger partial charge in [0.2, 0.25) is 0 Å². The maximum Gasteiger partial charge on any atom is 0.143 e. The minimum absolute atomic E-state index is 0.460. The Morgan fingerprint density at radius 2 is 1.91 bits per heavy atom. The van der Waals surface area contributed by atoms with Crippen molar-refractivity contribution < 1.29 is 9.47 Å². The summed E-state index contributed by atoms with van der Waals surface area (Å²) >= 11 is 0. The lowest BCUT2D eigenvalue weighted by molar-refractivity contribution is -0.0712. The molecule has 128 valence electrons. The zero-order valence-electron chi connectivity index (χ0n) is 14.5. The molecule has 2 saturated heterocycles. The third-order valence-electron chi connectivity index (χ3n) is 5.15. The molecule has 0 aromatic heterocycles. The molecule has 5 nitrogen and oxygen atoms in total. The van der Waals surface area contributed by atoms with Gasteiger partial charge in [-0.25, -0.2) is 0 Å². The van der Waals surface area contributed by atoms with Gasteiger partial charge >= 0.3 is 0 Å². The van der Waals surface area contributed by atoms with Crippen molar-refractivity contribution in [2.45, 2.75) is 38.8 Å². The zero-order valence-corrected chi connectivity index (χ0v) is 14.5. The monoisotopic (exact) mass is 319 g/mol. The molecule has 2 fully saturated rings. The Kier molecular flexibility index (Phi) is 4.97. The lowest BCUT2D eigenvalue weighted by atomic mass is 9.97. The lowest BCUT2D eigenvalue weighted by Crippen LogP contribution is -2.58. The first-order valence-corrected chi connectivity index (χ1v) is 8.67. The molecule has 0 unspecified atom stereocenters. The summed E-state index contributed by atoms with van der Waals surface area (Å²) in [5, 5.41) is 0. The van der Waals surface area contributed by atoms with E-state index in [1.807, 2.05) is 6.07 Å². The smallest absolute Gasteiger partial charge is 0.143 e. The third-order valence-corrected chi connectivity index (χ3v) is 5.15. The summed E-state index contributed by atoms with van der Waals surface area (Å²) in [5.74, 6) is 0.773. The van der Waals surface area contributed by atoms with Crippen LogP contribution >= 0.6 is 0 Å². The van der Waals surface area contributed by atoms with Crippen LogP contribution in [0.2, 0.25) is 0 Å².